The first kappa shape index (κ1) is 22.0. The molecular formula is C23H21ClN4O3S. The van der Waals surface area contributed by atoms with Crippen molar-refractivity contribution in [1.29, 1.82) is 0 Å². The normalized spacial score (nSPS) is 10.8. The Kier molecular flexibility index (Phi) is 7.14. The van der Waals surface area contributed by atoms with Gasteiger partial charge in [0.05, 0.1) is 25.2 Å². The van der Waals surface area contributed by atoms with Gasteiger partial charge in [-0.05, 0) is 67.6 Å². The number of furan rings is 1. The molecule has 0 saturated heterocycles. The molecule has 164 valence electrons. The molecule has 0 aliphatic rings. The highest BCUT2D eigenvalue weighted by Crippen LogP contribution is 2.26. The summed E-state index contributed by atoms with van der Waals surface area (Å²) >= 11 is 7.33. The van der Waals surface area contributed by atoms with Gasteiger partial charge in [-0.1, -0.05) is 23.4 Å². The monoisotopic (exact) mass is 468 g/mol. The van der Waals surface area contributed by atoms with E-state index in [4.69, 9.17) is 20.8 Å². The highest BCUT2D eigenvalue weighted by molar-refractivity contribution is 7.99. The number of thioether (sulfide) groups is 1. The van der Waals surface area contributed by atoms with Gasteiger partial charge in [0.15, 0.2) is 11.0 Å². The smallest absolute Gasteiger partial charge is 0.234 e. The molecule has 32 heavy (non-hydrogen) atoms. The number of hydrogen-bond donors (Lipinski definition) is 1. The topological polar surface area (TPSA) is 82.2 Å². The molecular weight excluding hydrogens is 448 g/mol. The maximum absolute atomic E-state index is 12.5. The van der Waals surface area contributed by atoms with Crippen molar-refractivity contribution in [3.8, 4) is 17.1 Å². The number of anilines is 1. The van der Waals surface area contributed by atoms with E-state index in [-0.39, 0.29) is 11.7 Å². The molecule has 0 radical (unpaired) electrons. The first-order valence-corrected chi connectivity index (χ1v) is 11.4. The molecule has 0 bridgehead atoms. The van der Waals surface area contributed by atoms with Gasteiger partial charge in [0.1, 0.15) is 11.5 Å². The van der Waals surface area contributed by atoms with Gasteiger partial charge in [-0.2, -0.15) is 0 Å². The number of amides is 1. The van der Waals surface area contributed by atoms with Gasteiger partial charge in [0.25, 0.3) is 0 Å². The van der Waals surface area contributed by atoms with Crippen molar-refractivity contribution in [2.45, 2.75) is 18.6 Å². The molecule has 0 saturated carbocycles. The molecule has 2 aromatic heterocycles. The average molecular weight is 469 g/mol. The minimum atomic E-state index is -0.139. The maximum Gasteiger partial charge on any atom is 0.234 e. The van der Waals surface area contributed by atoms with Crippen molar-refractivity contribution < 1.29 is 13.9 Å². The third-order valence-corrected chi connectivity index (χ3v) is 5.71. The summed E-state index contributed by atoms with van der Waals surface area (Å²) in [4.78, 5) is 12.5. The van der Waals surface area contributed by atoms with Crippen LogP contribution in [0.25, 0.3) is 11.4 Å². The Bertz CT molecular complexity index is 1160. The van der Waals surface area contributed by atoms with Crippen LogP contribution in [0.5, 0.6) is 5.75 Å². The van der Waals surface area contributed by atoms with Gasteiger partial charge >= 0.3 is 0 Å². The number of nitrogens with one attached hydrogen (secondary N) is 1. The number of rotatable bonds is 9. The fourth-order valence-corrected chi connectivity index (χ4v) is 3.90. The Labute approximate surface area is 194 Å². The zero-order chi connectivity index (χ0) is 22.3. The minimum Gasteiger partial charge on any atom is -0.494 e. The van der Waals surface area contributed by atoms with Crippen LogP contribution in [0.2, 0.25) is 5.02 Å². The second-order valence-corrected chi connectivity index (χ2v) is 8.15. The fraction of sp³-hybridized carbons (Fsp3) is 0.174. The fourth-order valence-electron chi connectivity index (χ4n) is 3.04. The molecule has 2 aromatic carbocycles. The summed E-state index contributed by atoms with van der Waals surface area (Å²) in [6.07, 6.45) is 1.62. The van der Waals surface area contributed by atoms with Gasteiger partial charge in [-0.15, -0.1) is 10.2 Å². The number of halogens is 1. The van der Waals surface area contributed by atoms with Crippen LogP contribution in [0, 0.1) is 0 Å². The van der Waals surface area contributed by atoms with Gasteiger partial charge in [-0.25, -0.2) is 0 Å². The van der Waals surface area contributed by atoms with Gasteiger partial charge in [0, 0.05) is 16.3 Å². The highest BCUT2D eigenvalue weighted by Gasteiger charge is 2.17. The third-order valence-electron chi connectivity index (χ3n) is 4.49. The molecule has 1 amide bonds. The number of carbonyl (C=O) groups excluding carboxylic acids is 1. The van der Waals surface area contributed by atoms with Crippen molar-refractivity contribution in [1.82, 2.24) is 14.8 Å². The molecule has 4 aromatic rings. The molecule has 0 atom stereocenters. The molecule has 0 unspecified atom stereocenters. The van der Waals surface area contributed by atoms with Crippen LogP contribution in [0.15, 0.2) is 76.5 Å². The highest BCUT2D eigenvalue weighted by atomic mass is 35.5. The molecule has 0 aliphatic heterocycles. The lowest BCUT2D eigenvalue weighted by Gasteiger charge is -2.10. The second-order valence-electron chi connectivity index (χ2n) is 6.77. The lowest BCUT2D eigenvalue weighted by Crippen LogP contribution is -2.14. The Morgan fingerprint density at radius 2 is 1.91 bits per heavy atom. The van der Waals surface area contributed by atoms with E-state index >= 15 is 0 Å². The van der Waals surface area contributed by atoms with Crippen molar-refractivity contribution in [2.24, 2.45) is 0 Å². The first-order valence-electron chi connectivity index (χ1n) is 9.99. The average Bonchev–Trinajstić information content (AvgIpc) is 3.45. The number of hydrogen-bond acceptors (Lipinski definition) is 6. The lowest BCUT2D eigenvalue weighted by atomic mass is 10.2. The predicted octanol–water partition coefficient (Wildman–Crippen LogP) is 5.37. The zero-order valence-corrected chi connectivity index (χ0v) is 18.9. The molecule has 1 N–H and O–H groups in total. The zero-order valence-electron chi connectivity index (χ0n) is 17.3. The van der Waals surface area contributed by atoms with E-state index in [1.54, 1.807) is 18.4 Å². The maximum atomic E-state index is 12.5. The van der Waals surface area contributed by atoms with E-state index in [0.29, 0.717) is 34.8 Å². The van der Waals surface area contributed by atoms with E-state index in [2.05, 4.69) is 15.5 Å². The molecule has 9 heteroatoms. The quantitative estimate of drug-likeness (QED) is 0.332. The van der Waals surface area contributed by atoms with Gasteiger partial charge in [0.2, 0.25) is 5.91 Å². The molecule has 0 aliphatic carbocycles. The van der Waals surface area contributed by atoms with E-state index in [1.165, 1.54) is 11.8 Å². The van der Waals surface area contributed by atoms with Crippen LogP contribution in [0.1, 0.15) is 12.7 Å². The molecule has 7 nitrogen and oxygen atoms in total. The summed E-state index contributed by atoms with van der Waals surface area (Å²) in [5.41, 5.74) is 1.58. The molecule has 0 fully saturated rings. The van der Waals surface area contributed by atoms with Crippen LogP contribution >= 0.6 is 23.4 Å². The number of carbonyl (C=O) groups is 1. The van der Waals surface area contributed by atoms with E-state index in [9.17, 15) is 4.79 Å². The van der Waals surface area contributed by atoms with Crippen LogP contribution in [0.4, 0.5) is 5.69 Å². The largest absolute Gasteiger partial charge is 0.494 e. The van der Waals surface area contributed by atoms with E-state index in [1.807, 2.05) is 60.0 Å². The Balaban J connectivity index is 1.47. The van der Waals surface area contributed by atoms with Gasteiger partial charge in [-0.3, -0.25) is 9.36 Å². The predicted molar refractivity (Wildman–Crippen MR) is 125 cm³/mol. The number of benzene rings is 2. The summed E-state index contributed by atoms with van der Waals surface area (Å²) in [6.45, 7) is 2.97. The Hall–Kier alpha value is -3.23. The molecule has 4 rings (SSSR count). The standard InChI is InChI=1S/C23H21ClN4O3S/c1-2-30-19-11-9-18(10-12-19)25-21(29)15-32-23-27-26-22(16-5-7-17(24)8-6-16)28(23)14-20-4-3-13-31-20/h3-13H,2,14-15H2,1H3,(H,25,29). The van der Waals surface area contributed by atoms with Crippen LogP contribution in [-0.2, 0) is 11.3 Å². The molecule has 2 heterocycles. The second kappa shape index (κ2) is 10.4. The minimum absolute atomic E-state index is 0.139. The van der Waals surface area contributed by atoms with E-state index < -0.39 is 0 Å². The summed E-state index contributed by atoms with van der Waals surface area (Å²) in [7, 11) is 0. The van der Waals surface area contributed by atoms with Crippen LogP contribution in [-0.4, -0.2) is 33.0 Å². The molecule has 0 spiro atoms. The first-order chi connectivity index (χ1) is 15.6. The Morgan fingerprint density at radius 3 is 2.59 bits per heavy atom. The van der Waals surface area contributed by atoms with E-state index in [0.717, 1.165) is 17.1 Å². The van der Waals surface area contributed by atoms with Crippen molar-refractivity contribution in [2.75, 3.05) is 17.7 Å². The van der Waals surface area contributed by atoms with Crippen molar-refractivity contribution in [3.63, 3.8) is 0 Å². The van der Waals surface area contributed by atoms with Crippen molar-refractivity contribution in [3.05, 3.63) is 77.7 Å². The Morgan fingerprint density at radius 1 is 1.12 bits per heavy atom. The summed E-state index contributed by atoms with van der Waals surface area (Å²) in [5, 5.41) is 12.8. The van der Waals surface area contributed by atoms with Crippen LogP contribution in [0.3, 0.4) is 0 Å². The van der Waals surface area contributed by atoms with Crippen molar-refractivity contribution >= 4 is 35.0 Å². The number of ether oxygens (including phenoxy) is 1. The van der Waals surface area contributed by atoms with Gasteiger partial charge < -0.3 is 14.5 Å². The summed E-state index contributed by atoms with van der Waals surface area (Å²) < 4.78 is 12.9. The number of nitrogens with zero attached hydrogens (tertiary/aromatic N) is 3. The third kappa shape index (κ3) is 5.52. The summed E-state index contributed by atoms with van der Waals surface area (Å²) in [5.74, 6) is 2.25. The van der Waals surface area contributed by atoms with Crippen LogP contribution < -0.4 is 10.1 Å². The summed E-state index contributed by atoms with van der Waals surface area (Å²) in [6, 6.07) is 18.4. The lowest BCUT2D eigenvalue weighted by molar-refractivity contribution is -0.113. The SMILES string of the molecule is CCOc1ccc(NC(=O)CSc2nnc(-c3ccc(Cl)cc3)n2Cc2ccco2)cc1. The number of aromatic nitrogens is 3.